The number of ether oxygens (including phenoxy) is 3. The van der Waals surface area contributed by atoms with Gasteiger partial charge in [-0.05, 0) is 52.2 Å². The van der Waals surface area contributed by atoms with Gasteiger partial charge in [0.1, 0.15) is 5.60 Å². The van der Waals surface area contributed by atoms with E-state index in [0.717, 1.165) is 19.3 Å². The maximum atomic E-state index is 12.8. The molecule has 3 aliphatic rings. The average Bonchev–Trinajstić information content (AvgIpc) is 3.65. The van der Waals surface area contributed by atoms with Crippen molar-refractivity contribution in [3.8, 4) is 0 Å². The molecule has 8 heteroatoms. The van der Waals surface area contributed by atoms with E-state index in [-0.39, 0.29) is 47.0 Å². The molecule has 0 bridgehead atoms. The first-order valence-corrected chi connectivity index (χ1v) is 10.7. The second-order valence-electron chi connectivity index (χ2n) is 9.26. The molecule has 168 valence electrons. The third-order valence-electron chi connectivity index (χ3n) is 6.95. The summed E-state index contributed by atoms with van der Waals surface area (Å²) in [6, 6.07) is 5.43. The zero-order chi connectivity index (χ0) is 22.4. The molecule has 2 aliphatic heterocycles. The van der Waals surface area contributed by atoms with Crippen molar-refractivity contribution in [3.63, 3.8) is 0 Å². The molecule has 2 heterocycles. The van der Waals surface area contributed by atoms with Crippen LogP contribution in [0.25, 0.3) is 0 Å². The molecule has 1 saturated carbocycles. The Bertz CT molecular complexity index is 890. The lowest BCUT2D eigenvalue weighted by Crippen LogP contribution is -2.59. The van der Waals surface area contributed by atoms with Crippen molar-refractivity contribution in [1.29, 1.82) is 0 Å². The van der Waals surface area contributed by atoms with Crippen molar-refractivity contribution in [2.75, 3.05) is 13.7 Å². The Balaban J connectivity index is 1.50. The number of amides is 1. The van der Waals surface area contributed by atoms with Crippen LogP contribution in [0.2, 0.25) is 0 Å². The third-order valence-corrected chi connectivity index (χ3v) is 6.95. The van der Waals surface area contributed by atoms with Gasteiger partial charge < -0.3 is 19.5 Å². The number of nitrogens with zero attached hydrogens (tertiary/aromatic N) is 1. The molecule has 1 aromatic carbocycles. The van der Waals surface area contributed by atoms with E-state index >= 15 is 0 Å². The fourth-order valence-electron chi connectivity index (χ4n) is 5.13. The Morgan fingerprint density at radius 2 is 2.03 bits per heavy atom. The topological polar surface area (TPSA) is 107 Å². The Morgan fingerprint density at radius 3 is 2.58 bits per heavy atom. The van der Waals surface area contributed by atoms with Crippen LogP contribution in [0, 0.1) is 16.0 Å². The molecule has 1 spiro atoms. The molecule has 1 aromatic rings. The number of rotatable bonds is 7. The van der Waals surface area contributed by atoms with Gasteiger partial charge in [0.25, 0.3) is 11.6 Å². The number of carbonyl (C=O) groups excluding carboxylic acids is 1. The molecule has 6 atom stereocenters. The van der Waals surface area contributed by atoms with Crippen molar-refractivity contribution >= 4 is 11.6 Å². The van der Waals surface area contributed by atoms with E-state index in [1.54, 1.807) is 7.11 Å². The average molecular weight is 431 g/mol. The summed E-state index contributed by atoms with van der Waals surface area (Å²) in [7, 11) is 1.67. The minimum atomic E-state index is -0.481. The lowest BCUT2D eigenvalue weighted by molar-refractivity contribution is -0.384. The number of carbonyl (C=O) groups is 1. The summed E-state index contributed by atoms with van der Waals surface area (Å²) >= 11 is 0. The number of methoxy groups -OCH3 is 1. The number of nitro benzene ring substituents is 1. The van der Waals surface area contributed by atoms with Crippen LogP contribution in [0.4, 0.5) is 5.69 Å². The minimum absolute atomic E-state index is 0.0106. The van der Waals surface area contributed by atoms with E-state index in [9.17, 15) is 14.9 Å². The first-order chi connectivity index (χ1) is 14.7. The van der Waals surface area contributed by atoms with Crippen LogP contribution >= 0.6 is 0 Å². The number of allylic oxidation sites excluding steroid dienone is 1. The molecule has 0 radical (unpaired) electrons. The minimum Gasteiger partial charge on any atom is -0.379 e. The summed E-state index contributed by atoms with van der Waals surface area (Å²) in [4.78, 5) is 23.2. The number of epoxide rings is 2. The number of nitrogens with one attached hydrogen (secondary N) is 1. The molecule has 1 amide bonds. The van der Waals surface area contributed by atoms with E-state index in [0.29, 0.717) is 12.2 Å². The standard InChI is InChI=1S/C23H30N2O6/c1-14(2)5-10-18-22(3,31-18)20-19(29-4)17(11-12-23(20)13-30-23)24-21(26)15-6-8-16(9-7-15)25(27)28/h5-9,17-20H,10-13H2,1-4H3,(H,24,26)/t17-,18-,19-,20-,22?,23+/m1/s1. The zero-order valence-electron chi connectivity index (χ0n) is 18.4. The molecule has 4 rings (SSSR count). The van der Waals surface area contributed by atoms with Gasteiger partial charge in [0.05, 0.1) is 35.4 Å². The SMILES string of the molecule is CO[C@H]1[C@H](C2(C)O[C@@H]2CC=C(C)C)[C@]2(CC[C@H]1NC(=O)c1ccc([N+](=O)[O-])cc1)CO2. The molecule has 31 heavy (non-hydrogen) atoms. The number of hydrogen-bond acceptors (Lipinski definition) is 6. The van der Waals surface area contributed by atoms with Gasteiger partial charge in [0.15, 0.2) is 0 Å². The molecular weight excluding hydrogens is 400 g/mol. The first kappa shape index (κ1) is 21.9. The molecule has 1 aliphatic carbocycles. The van der Waals surface area contributed by atoms with Crippen molar-refractivity contribution in [2.45, 2.75) is 69.5 Å². The van der Waals surface area contributed by atoms with Crippen molar-refractivity contribution in [2.24, 2.45) is 5.92 Å². The highest BCUT2D eigenvalue weighted by Gasteiger charge is 2.71. The number of hydrogen-bond donors (Lipinski definition) is 1. The van der Waals surface area contributed by atoms with Crippen molar-refractivity contribution in [3.05, 3.63) is 51.6 Å². The molecule has 2 saturated heterocycles. The lowest BCUT2D eigenvalue weighted by Gasteiger charge is -2.43. The van der Waals surface area contributed by atoms with Crippen LogP contribution in [-0.4, -0.2) is 54.0 Å². The summed E-state index contributed by atoms with van der Waals surface area (Å²) in [6.07, 6.45) is 4.46. The largest absolute Gasteiger partial charge is 0.379 e. The Labute approximate surface area is 182 Å². The first-order valence-electron chi connectivity index (χ1n) is 10.7. The fraction of sp³-hybridized carbons (Fsp3) is 0.609. The summed E-state index contributed by atoms with van der Waals surface area (Å²) in [6.45, 7) is 6.97. The van der Waals surface area contributed by atoms with E-state index in [1.807, 2.05) is 0 Å². The predicted molar refractivity (Wildman–Crippen MR) is 114 cm³/mol. The molecule has 3 fully saturated rings. The summed E-state index contributed by atoms with van der Waals surface area (Å²) in [5, 5.41) is 13.9. The van der Waals surface area contributed by atoms with Gasteiger partial charge in [-0.1, -0.05) is 11.6 Å². The van der Waals surface area contributed by atoms with E-state index in [2.05, 4.69) is 32.2 Å². The quantitative estimate of drug-likeness (QED) is 0.308. The molecular formula is C23H30N2O6. The van der Waals surface area contributed by atoms with Crippen LogP contribution in [0.5, 0.6) is 0 Å². The van der Waals surface area contributed by atoms with Gasteiger partial charge in [0, 0.05) is 30.7 Å². The normalized spacial score (nSPS) is 36.0. The maximum absolute atomic E-state index is 12.8. The predicted octanol–water partition coefficient (Wildman–Crippen LogP) is 3.40. The van der Waals surface area contributed by atoms with Crippen LogP contribution in [0.3, 0.4) is 0 Å². The summed E-state index contributed by atoms with van der Waals surface area (Å²) in [5.74, 6) is -0.257. The van der Waals surface area contributed by atoms with Crippen molar-refractivity contribution < 1.29 is 23.9 Å². The fourth-order valence-corrected chi connectivity index (χ4v) is 5.13. The molecule has 0 aromatic heterocycles. The monoisotopic (exact) mass is 430 g/mol. The number of benzene rings is 1. The van der Waals surface area contributed by atoms with Crippen LogP contribution in [-0.2, 0) is 14.2 Å². The third kappa shape index (κ3) is 4.12. The highest BCUT2D eigenvalue weighted by Crippen LogP contribution is 2.59. The lowest BCUT2D eigenvalue weighted by atomic mass is 9.67. The number of nitro groups is 1. The van der Waals surface area contributed by atoms with Gasteiger partial charge in [-0.25, -0.2) is 0 Å². The second kappa shape index (κ2) is 8.00. The van der Waals surface area contributed by atoms with Gasteiger partial charge in [-0.15, -0.1) is 0 Å². The van der Waals surface area contributed by atoms with Gasteiger partial charge in [-0.2, -0.15) is 0 Å². The Morgan fingerprint density at radius 1 is 1.35 bits per heavy atom. The van der Waals surface area contributed by atoms with Gasteiger partial charge >= 0.3 is 0 Å². The molecule has 8 nitrogen and oxygen atoms in total. The van der Waals surface area contributed by atoms with Crippen LogP contribution in [0.1, 0.15) is 50.4 Å². The maximum Gasteiger partial charge on any atom is 0.269 e. The Kier molecular flexibility index (Phi) is 5.66. The molecule has 1 N–H and O–H groups in total. The van der Waals surface area contributed by atoms with E-state index in [1.165, 1.54) is 29.8 Å². The highest BCUT2D eigenvalue weighted by molar-refractivity contribution is 5.94. The van der Waals surface area contributed by atoms with Gasteiger partial charge in [-0.3, -0.25) is 14.9 Å². The van der Waals surface area contributed by atoms with Crippen LogP contribution in [0.15, 0.2) is 35.9 Å². The van der Waals surface area contributed by atoms with E-state index in [4.69, 9.17) is 14.2 Å². The zero-order valence-corrected chi connectivity index (χ0v) is 18.4. The summed E-state index contributed by atoms with van der Waals surface area (Å²) in [5.41, 5.74) is 0.993. The van der Waals surface area contributed by atoms with E-state index < -0.39 is 4.92 Å². The van der Waals surface area contributed by atoms with Gasteiger partial charge in [0.2, 0.25) is 0 Å². The Hall–Kier alpha value is -2.29. The van der Waals surface area contributed by atoms with Crippen LogP contribution < -0.4 is 5.32 Å². The second-order valence-corrected chi connectivity index (χ2v) is 9.26. The molecule has 1 unspecified atom stereocenters. The van der Waals surface area contributed by atoms with Crippen molar-refractivity contribution in [1.82, 2.24) is 5.32 Å². The number of non-ortho nitro benzene ring substituents is 1. The smallest absolute Gasteiger partial charge is 0.269 e. The highest BCUT2D eigenvalue weighted by atomic mass is 16.6. The summed E-state index contributed by atoms with van der Waals surface area (Å²) < 4.78 is 18.1.